The number of hydrogen-bond donors (Lipinski definition) is 2. The number of rotatable bonds is 4. The summed E-state index contributed by atoms with van der Waals surface area (Å²) in [5.41, 5.74) is 6.99. The monoisotopic (exact) mass is 275 g/mol. The van der Waals surface area contributed by atoms with Crippen LogP contribution >= 0.6 is 0 Å². The molecule has 1 aliphatic heterocycles. The average molecular weight is 275 g/mol. The fourth-order valence-electron chi connectivity index (χ4n) is 2.64. The van der Waals surface area contributed by atoms with Crippen molar-refractivity contribution in [3.63, 3.8) is 0 Å². The van der Waals surface area contributed by atoms with E-state index < -0.39 is 5.91 Å². The van der Waals surface area contributed by atoms with Crippen molar-refractivity contribution in [3.05, 3.63) is 29.3 Å². The van der Waals surface area contributed by atoms with Gasteiger partial charge < -0.3 is 16.0 Å². The van der Waals surface area contributed by atoms with E-state index in [1.807, 2.05) is 13.0 Å². The molecule has 1 fully saturated rings. The van der Waals surface area contributed by atoms with Crippen molar-refractivity contribution in [1.29, 1.82) is 0 Å². The van der Waals surface area contributed by atoms with Crippen LogP contribution < -0.4 is 16.0 Å². The lowest BCUT2D eigenvalue weighted by Crippen LogP contribution is -2.33. The van der Waals surface area contributed by atoms with Crippen molar-refractivity contribution in [2.75, 3.05) is 24.5 Å². The third-order valence-corrected chi connectivity index (χ3v) is 3.57. The summed E-state index contributed by atoms with van der Waals surface area (Å²) in [6.45, 7) is 4.17. The van der Waals surface area contributed by atoms with Gasteiger partial charge in [-0.2, -0.15) is 0 Å². The standard InChI is InChI=1S/C15H21N3O2/c1-2-17-15(20)11-7-6-8-12(13(11)14(16)19)18-9-4-3-5-10-18/h6-8H,2-5,9-10H2,1H3,(H2,16,19)(H,17,20). The first-order chi connectivity index (χ1) is 9.65. The van der Waals surface area contributed by atoms with E-state index in [9.17, 15) is 9.59 Å². The number of piperidine rings is 1. The number of nitrogens with zero attached hydrogens (tertiary/aromatic N) is 1. The van der Waals surface area contributed by atoms with Crippen LogP contribution in [-0.4, -0.2) is 31.4 Å². The van der Waals surface area contributed by atoms with Gasteiger partial charge >= 0.3 is 0 Å². The molecule has 20 heavy (non-hydrogen) atoms. The van der Waals surface area contributed by atoms with Crippen LogP contribution in [0.25, 0.3) is 0 Å². The molecule has 5 heteroatoms. The van der Waals surface area contributed by atoms with Crippen molar-refractivity contribution < 1.29 is 9.59 Å². The first kappa shape index (κ1) is 14.4. The zero-order valence-corrected chi connectivity index (χ0v) is 11.8. The Balaban J connectivity index is 2.43. The summed E-state index contributed by atoms with van der Waals surface area (Å²) in [4.78, 5) is 26.0. The highest BCUT2D eigenvalue weighted by molar-refractivity contribution is 6.10. The summed E-state index contributed by atoms with van der Waals surface area (Å²) in [5, 5.41) is 2.72. The van der Waals surface area contributed by atoms with Gasteiger partial charge in [-0.3, -0.25) is 9.59 Å². The number of nitrogens with one attached hydrogen (secondary N) is 1. The molecule has 5 nitrogen and oxygen atoms in total. The highest BCUT2D eigenvalue weighted by atomic mass is 16.2. The maximum absolute atomic E-state index is 12.1. The van der Waals surface area contributed by atoms with Gasteiger partial charge in [-0.15, -0.1) is 0 Å². The van der Waals surface area contributed by atoms with Gasteiger partial charge in [-0.25, -0.2) is 0 Å². The van der Waals surface area contributed by atoms with Gasteiger partial charge in [-0.1, -0.05) is 6.07 Å². The Morgan fingerprint density at radius 3 is 2.55 bits per heavy atom. The van der Waals surface area contributed by atoms with E-state index in [2.05, 4.69) is 10.2 Å². The molecule has 0 radical (unpaired) electrons. The van der Waals surface area contributed by atoms with Crippen LogP contribution in [0.3, 0.4) is 0 Å². The zero-order chi connectivity index (χ0) is 14.5. The summed E-state index contributed by atoms with van der Waals surface area (Å²) in [6, 6.07) is 5.33. The predicted molar refractivity (Wildman–Crippen MR) is 79.0 cm³/mol. The molecule has 0 bridgehead atoms. The van der Waals surface area contributed by atoms with Gasteiger partial charge in [0.2, 0.25) is 0 Å². The Labute approximate surface area is 119 Å². The summed E-state index contributed by atoms with van der Waals surface area (Å²) in [7, 11) is 0. The van der Waals surface area contributed by atoms with Crippen LogP contribution in [0.1, 0.15) is 46.9 Å². The summed E-state index contributed by atoms with van der Waals surface area (Å²) in [6.07, 6.45) is 3.41. The van der Waals surface area contributed by atoms with Gasteiger partial charge in [-0.05, 0) is 38.3 Å². The van der Waals surface area contributed by atoms with E-state index in [4.69, 9.17) is 5.73 Å². The number of benzene rings is 1. The lowest BCUT2D eigenvalue weighted by Gasteiger charge is -2.30. The Hall–Kier alpha value is -2.04. The molecule has 2 amide bonds. The van der Waals surface area contributed by atoms with E-state index >= 15 is 0 Å². The number of amides is 2. The molecule has 0 saturated carbocycles. The van der Waals surface area contributed by atoms with Crippen molar-refractivity contribution in [2.24, 2.45) is 5.73 Å². The SMILES string of the molecule is CCNC(=O)c1cccc(N2CCCCC2)c1C(N)=O. The maximum atomic E-state index is 12.1. The molecule has 1 heterocycles. The van der Waals surface area contributed by atoms with Gasteiger partial charge in [0.25, 0.3) is 11.8 Å². The second-order valence-electron chi connectivity index (χ2n) is 4.97. The second-order valence-corrected chi connectivity index (χ2v) is 4.97. The molecule has 3 N–H and O–H groups in total. The van der Waals surface area contributed by atoms with Gasteiger partial charge in [0, 0.05) is 19.6 Å². The second kappa shape index (κ2) is 6.41. The van der Waals surface area contributed by atoms with Crippen LogP contribution in [0.15, 0.2) is 18.2 Å². The summed E-state index contributed by atoms with van der Waals surface area (Å²) < 4.78 is 0. The van der Waals surface area contributed by atoms with E-state index in [0.717, 1.165) is 31.6 Å². The first-order valence-corrected chi connectivity index (χ1v) is 7.11. The van der Waals surface area contributed by atoms with Crippen LogP contribution in [-0.2, 0) is 0 Å². The van der Waals surface area contributed by atoms with Gasteiger partial charge in [0.05, 0.1) is 16.8 Å². The lowest BCUT2D eigenvalue weighted by atomic mass is 10.0. The Morgan fingerprint density at radius 1 is 1.25 bits per heavy atom. The normalized spacial score (nSPS) is 14.9. The van der Waals surface area contributed by atoms with E-state index in [0.29, 0.717) is 17.7 Å². The minimum absolute atomic E-state index is 0.250. The number of carbonyl (C=O) groups excluding carboxylic acids is 2. The fourth-order valence-corrected chi connectivity index (χ4v) is 2.64. The largest absolute Gasteiger partial charge is 0.371 e. The molecule has 0 unspecified atom stereocenters. The Bertz CT molecular complexity index is 508. The topological polar surface area (TPSA) is 75.4 Å². The van der Waals surface area contributed by atoms with Gasteiger partial charge in [0.15, 0.2) is 0 Å². The average Bonchev–Trinajstić information content (AvgIpc) is 2.47. The van der Waals surface area contributed by atoms with E-state index in [-0.39, 0.29) is 5.91 Å². The van der Waals surface area contributed by atoms with Crippen molar-refractivity contribution in [3.8, 4) is 0 Å². The minimum atomic E-state index is -0.549. The molecule has 1 saturated heterocycles. The van der Waals surface area contributed by atoms with Crippen LogP contribution in [0.2, 0.25) is 0 Å². The molecule has 1 aromatic carbocycles. The van der Waals surface area contributed by atoms with Crippen LogP contribution in [0.5, 0.6) is 0 Å². The predicted octanol–water partition coefficient (Wildman–Crippen LogP) is 1.53. The molecule has 0 atom stereocenters. The number of primary amides is 1. The molecule has 1 aromatic rings. The van der Waals surface area contributed by atoms with Crippen LogP contribution in [0.4, 0.5) is 5.69 Å². The molecule has 2 rings (SSSR count). The molecule has 0 aliphatic carbocycles. The minimum Gasteiger partial charge on any atom is -0.371 e. The maximum Gasteiger partial charge on any atom is 0.252 e. The van der Waals surface area contributed by atoms with Crippen molar-refractivity contribution in [2.45, 2.75) is 26.2 Å². The quantitative estimate of drug-likeness (QED) is 0.875. The van der Waals surface area contributed by atoms with Crippen LogP contribution in [0, 0.1) is 0 Å². The van der Waals surface area contributed by atoms with Crippen molar-refractivity contribution in [1.82, 2.24) is 5.32 Å². The van der Waals surface area contributed by atoms with Gasteiger partial charge in [0.1, 0.15) is 0 Å². The summed E-state index contributed by atoms with van der Waals surface area (Å²) >= 11 is 0. The third kappa shape index (κ3) is 2.92. The van der Waals surface area contributed by atoms with E-state index in [1.54, 1.807) is 12.1 Å². The number of hydrogen-bond acceptors (Lipinski definition) is 3. The zero-order valence-electron chi connectivity index (χ0n) is 11.8. The highest BCUT2D eigenvalue weighted by Gasteiger charge is 2.22. The number of nitrogens with two attached hydrogens (primary N) is 1. The summed E-state index contributed by atoms with van der Waals surface area (Å²) in [5.74, 6) is -0.799. The third-order valence-electron chi connectivity index (χ3n) is 3.57. The fraction of sp³-hybridized carbons (Fsp3) is 0.467. The van der Waals surface area contributed by atoms with E-state index in [1.165, 1.54) is 6.42 Å². The Kier molecular flexibility index (Phi) is 4.61. The Morgan fingerprint density at radius 2 is 1.95 bits per heavy atom. The number of carbonyl (C=O) groups is 2. The molecule has 108 valence electrons. The molecule has 1 aliphatic rings. The smallest absolute Gasteiger partial charge is 0.252 e. The lowest BCUT2D eigenvalue weighted by molar-refractivity contribution is 0.0938. The molecular weight excluding hydrogens is 254 g/mol. The first-order valence-electron chi connectivity index (χ1n) is 7.11. The highest BCUT2D eigenvalue weighted by Crippen LogP contribution is 2.26. The number of anilines is 1. The van der Waals surface area contributed by atoms with Crippen molar-refractivity contribution >= 4 is 17.5 Å². The molecular formula is C15H21N3O2. The molecule has 0 aromatic heterocycles. The molecule has 0 spiro atoms.